The molecule has 1 fully saturated rings. The van der Waals surface area contributed by atoms with Crippen LogP contribution < -0.4 is 10.9 Å². The molecule has 152 valence electrons. The Bertz CT molecular complexity index is 1210. The van der Waals surface area contributed by atoms with E-state index in [9.17, 15) is 9.59 Å². The third kappa shape index (κ3) is 2.93. The van der Waals surface area contributed by atoms with Crippen LogP contribution in [0.2, 0.25) is 5.02 Å². The maximum atomic E-state index is 13.9. The fourth-order valence-electron chi connectivity index (χ4n) is 4.59. The minimum Gasteiger partial charge on any atom is -0.306 e. The van der Waals surface area contributed by atoms with Crippen molar-refractivity contribution in [3.63, 3.8) is 0 Å². The largest absolute Gasteiger partial charge is 0.347 e. The number of carbonyl (C=O) groups excluding carboxylic acids is 1. The van der Waals surface area contributed by atoms with E-state index in [4.69, 9.17) is 11.6 Å². The van der Waals surface area contributed by atoms with Crippen molar-refractivity contribution in [3.05, 3.63) is 81.1 Å². The van der Waals surface area contributed by atoms with Crippen LogP contribution in [-0.4, -0.2) is 48.2 Å². The zero-order valence-corrected chi connectivity index (χ0v) is 17.6. The number of benzene rings is 2. The first-order valence-electron chi connectivity index (χ1n) is 10.2. The van der Waals surface area contributed by atoms with E-state index in [2.05, 4.69) is 5.32 Å². The van der Waals surface area contributed by atoms with Gasteiger partial charge in [0.1, 0.15) is 5.56 Å². The average molecular weight is 421 g/mol. The second kappa shape index (κ2) is 7.20. The fraction of sp³-hybridized carbons (Fsp3) is 0.250. The molecule has 1 amide bonds. The lowest BCUT2D eigenvalue weighted by Crippen LogP contribution is -2.59. The molecule has 2 aromatic carbocycles. The highest BCUT2D eigenvalue weighted by atomic mass is 35.5. The van der Waals surface area contributed by atoms with Crippen molar-refractivity contribution < 1.29 is 9.28 Å². The van der Waals surface area contributed by atoms with Gasteiger partial charge in [-0.15, -0.1) is 0 Å². The quantitative estimate of drug-likeness (QED) is 0.506. The first-order chi connectivity index (χ1) is 14.5. The minimum atomic E-state index is -0.0945. The van der Waals surface area contributed by atoms with Crippen molar-refractivity contribution in [2.24, 2.45) is 0 Å². The highest BCUT2D eigenvalue weighted by Gasteiger charge is 2.39. The second-order valence-electron chi connectivity index (χ2n) is 8.25. The van der Waals surface area contributed by atoms with Gasteiger partial charge >= 0.3 is 5.91 Å². The molecule has 2 aliphatic heterocycles. The van der Waals surface area contributed by atoms with Crippen LogP contribution in [0.25, 0.3) is 22.4 Å². The first kappa shape index (κ1) is 19.2. The van der Waals surface area contributed by atoms with Crippen molar-refractivity contribution in [1.82, 2.24) is 9.88 Å². The highest BCUT2D eigenvalue weighted by Crippen LogP contribution is 2.40. The fourth-order valence-corrected chi connectivity index (χ4v) is 4.88. The van der Waals surface area contributed by atoms with Crippen molar-refractivity contribution in [2.75, 3.05) is 33.2 Å². The summed E-state index contributed by atoms with van der Waals surface area (Å²) in [5.74, 6) is 0.0326. The van der Waals surface area contributed by atoms with Crippen LogP contribution in [0.15, 0.2) is 59.4 Å². The lowest BCUT2D eigenvalue weighted by Gasteiger charge is -2.35. The Labute approximate surface area is 180 Å². The molecule has 3 heterocycles. The number of amides is 1. The summed E-state index contributed by atoms with van der Waals surface area (Å²) in [4.78, 5) is 27.3. The number of fused-ring (bicyclic) bond motifs is 3. The predicted octanol–water partition coefficient (Wildman–Crippen LogP) is 3.39. The third-order valence-electron chi connectivity index (χ3n) is 6.32. The van der Waals surface area contributed by atoms with Crippen LogP contribution in [0.5, 0.6) is 0 Å². The zero-order chi connectivity index (χ0) is 20.9. The number of hydrogen-bond donors (Lipinski definition) is 1. The third-order valence-corrected chi connectivity index (χ3v) is 6.64. The molecule has 6 heteroatoms. The van der Waals surface area contributed by atoms with Gasteiger partial charge in [-0.05, 0) is 23.3 Å². The summed E-state index contributed by atoms with van der Waals surface area (Å²) in [5.41, 5.74) is 4.28. The van der Waals surface area contributed by atoms with Gasteiger partial charge in [-0.3, -0.25) is 9.28 Å². The van der Waals surface area contributed by atoms with Crippen LogP contribution in [0, 0.1) is 0 Å². The van der Waals surface area contributed by atoms with Gasteiger partial charge in [0.15, 0.2) is 0 Å². The molecule has 0 atom stereocenters. The lowest BCUT2D eigenvalue weighted by molar-refractivity contribution is -0.830. The molecule has 1 aromatic heterocycles. The predicted molar refractivity (Wildman–Crippen MR) is 119 cm³/mol. The minimum absolute atomic E-state index is 0.0326. The van der Waals surface area contributed by atoms with E-state index in [1.165, 1.54) is 0 Å². The summed E-state index contributed by atoms with van der Waals surface area (Å²) in [6.07, 6.45) is 0. The molecule has 0 saturated carbocycles. The summed E-state index contributed by atoms with van der Waals surface area (Å²) in [5, 5.41) is 3.90. The monoisotopic (exact) mass is 420 g/mol. The number of likely N-dealkylation sites (N-methyl/N-ethyl adjacent to an activating group) is 1. The molecule has 1 saturated heterocycles. The van der Waals surface area contributed by atoms with Gasteiger partial charge in [0, 0.05) is 24.2 Å². The van der Waals surface area contributed by atoms with Crippen LogP contribution in [0.1, 0.15) is 15.9 Å². The van der Waals surface area contributed by atoms with Gasteiger partial charge in [-0.2, -0.15) is 0 Å². The van der Waals surface area contributed by atoms with E-state index in [0.29, 0.717) is 46.0 Å². The summed E-state index contributed by atoms with van der Waals surface area (Å²) in [6.45, 7) is 3.44. The van der Waals surface area contributed by atoms with Crippen LogP contribution >= 0.6 is 11.6 Å². The Morgan fingerprint density at radius 2 is 1.80 bits per heavy atom. The van der Waals surface area contributed by atoms with Gasteiger partial charge in [0.25, 0.3) is 5.56 Å². The van der Waals surface area contributed by atoms with Gasteiger partial charge in [-0.1, -0.05) is 54.1 Å². The molecule has 0 unspecified atom stereocenters. The smallest absolute Gasteiger partial charge is 0.306 e. The Kier molecular flexibility index (Phi) is 4.62. The molecular formula is C24H23ClN3O2+. The Morgan fingerprint density at radius 3 is 2.53 bits per heavy atom. The SMILES string of the molecule is C[N+]1(C(=O)c2cc(-c3ccccc3)c(=O)n3c2-c2c(Cl)cccc2C3)CCNCC1. The molecule has 0 radical (unpaired) electrons. The number of piperazine rings is 1. The number of carbonyl (C=O) groups is 1. The van der Waals surface area contributed by atoms with Gasteiger partial charge < -0.3 is 9.88 Å². The van der Waals surface area contributed by atoms with E-state index in [-0.39, 0.29) is 11.5 Å². The Balaban J connectivity index is 1.79. The molecule has 0 spiro atoms. The van der Waals surface area contributed by atoms with Crippen molar-refractivity contribution >= 4 is 17.5 Å². The number of nitrogens with one attached hydrogen (secondary N) is 1. The second-order valence-corrected chi connectivity index (χ2v) is 8.66. The molecule has 30 heavy (non-hydrogen) atoms. The standard InChI is InChI=1S/C24H23ClN3O2/c1-28(12-10-26-11-13-28)24(30)19-14-18(16-6-3-2-4-7-16)23(29)27-15-17-8-5-9-20(25)21(17)22(19)27/h2-9,14,26H,10-13,15H2,1H3/q+1. The molecule has 0 bridgehead atoms. The van der Waals surface area contributed by atoms with Crippen LogP contribution in [-0.2, 0) is 6.54 Å². The van der Waals surface area contributed by atoms with E-state index < -0.39 is 0 Å². The number of aromatic nitrogens is 1. The lowest BCUT2D eigenvalue weighted by atomic mass is 9.98. The molecule has 2 aliphatic rings. The Morgan fingerprint density at radius 1 is 1.07 bits per heavy atom. The number of nitrogens with zero attached hydrogens (tertiary/aromatic N) is 2. The van der Waals surface area contributed by atoms with Crippen molar-refractivity contribution in [3.8, 4) is 22.4 Å². The number of pyridine rings is 1. The first-order valence-corrected chi connectivity index (χ1v) is 10.6. The molecule has 0 aliphatic carbocycles. The number of rotatable bonds is 2. The van der Waals surface area contributed by atoms with E-state index in [1.54, 1.807) is 10.6 Å². The summed E-state index contributed by atoms with van der Waals surface area (Å²) >= 11 is 6.56. The summed E-state index contributed by atoms with van der Waals surface area (Å²) in [7, 11) is 1.98. The number of quaternary nitrogens is 1. The Hall–Kier alpha value is -2.73. The highest BCUT2D eigenvalue weighted by molar-refractivity contribution is 6.33. The van der Waals surface area contributed by atoms with E-state index in [0.717, 1.165) is 29.8 Å². The summed E-state index contributed by atoms with van der Waals surface area (Å²) < 4.78 is 2.03. The molecule has 1 N–H and O–H groups in total. The van der Waals surface area contributed by atoms with Crippen LogP contribution in [0.3, 0.4) is 0 Å². The maximum Gasteiger partial charge on any atom is 0.347 e. The van der Waals surface area contributed by atoms with Crippen LogP contribution in [0.4, 0.5) is 0 Å². The number of halogens is 1. The maximum absolute atomic E-state index is 13.9. The van der Waals surface area contributed by atoms with Crippen molar-refractivity contribution in [2.45, 2.75) is 6.54 Å². The molecule has 5 rings (SSSR count). The number of hydrogen-bond acceptors (Lipinski definition) is 3. The van der Waals surface area contributed by atoms with Crippen molar-refractivity contribution in [1.29, 1.82) is 0 Å². The van der Waals surface area contributed by atoms with E-state index in [1.807, 2.05) is 55.6 Å². The average Bonchev–Trinajstić information content (AvgIpc) is 3.16. The molecule has 5 nitrogen and oxygen atoms in total. The zero-order valence-electron chi connectivity index (χ0n) is 16.8. The van der Waals surface area contributed by atoms with E-state index >= 15 is 0 Å². The summed E-state index contributed by atoms with van der Waals surface area (Å²) in [6, 6.07) is 17.0. The van der Waals surface area contributed by atoms with Gasteiger partial charge in [0.05, 0.1) is 37.4 Å². The topological polar surface area (TPSA) is 51.1 Å². The molecule has 3 aromatic rings. The normalized spacial score (nSPS) is 16.7. The van der Waals surface area contributed by atoms with Gasteiger partial charge in [-0.25, -0.2) is 4.79 Å². The van der Waals surface area contributed by atoms with Gasteiger partial charge in [0.2, 0.25) is 0 Å². The molecular weight excluding hydrogens is 398 g/mol.